The molecule has 0 aliphatic carbocycles. The number of ether oxygens (including phenoxy) is 2. The maximum atomic E-state index is 5.65. The minimum absolute atomic E-state index is 0.259. The number of hydrogen-bond acceptors (Lipinski definition) is 2. The third-order valence-corrected chi connectivity index (χ3v) is 2.11. The van der Waals surface area contributed by atoms with Gasteiger partial charge < -0.3 is 9.47 Å². The molecule has 0 saturated heterocycles. The molecule has 0 N–H and O–H groups in total. The van der Waals surface area contributed by atoms with Crippen molar-refractivity contribution in [2.24, 2.45) is 0 Å². The molecule has 0 saturated carbocycles. The van der Waals surface area contributed by atoms with Gasteiger partial charge >= 0.3 is 0 Å². The first-order chi connectivity index (χ1) is 6.83. The van der Waals surface area contributed by atoms with Crippen LogP contribution >= 0.6 is 0 Å². The zero-order valence-electron chi connectivity index (χ0n) is 8.90. The van der Waals surface area contributed by atoms with Crippen LogP contribution in [0.15, 0.2) is 30.3 Å². The highest BCUT2D eigenvalue weighted by Gasteiger charge is 2.01. The molecular weight excluding hydrogens is 176 g/mol. The zero-order chi connectivity index (χ0) is 10.2. The lowest BCUT2D eigenvalue weighted by atomic mass is 10.2. The highest BCUT2D eigenvalue weighted by molar-refractivity contribution is 5.13. The summed E-state index contributed by atoms with van der Waals surface area (Å²) in [5, 5.41) is 0. The van der Waals surface area contributed by atoms with Gasteiger partial charge in [0.15, 0.2) is 0 Å². The number of rotatable bonds is 6. The van der Waals surface area contributed by atoms with Crippen LogP contribution in [0.1, 0.15) is 18.9 Å². The van der Waals surface area contributed by atoms with Crippen LogP contribution in [0, 0.1) is 0 Å². The smallest absolute Gasteiger partial charge is 0.0720 e. The zero-order valence-corrected chi connectivity index (χ0v) is 8.90. The second-order valence-corrected chi connectivity index (χ2v) is 3.39. The second kappa shape index (κ2) is 6.57. The van der Waals surface area contributed by atoms with Crippen molar-refractivity contribution in [3.63, 3.8) is 0 Å². The van der Waals surface area contributed by atoms with E-state index in [4.69, 9.17) is 9.47 Å². The first-order valence-electron chi connectivity index (χ1n) is 4.97. The minimum Gasteiger partial charge on any atom is -0.385 e. The topological polar surface area (TPSA) is 18.5 Å². The van der Waals surface area contributed by atoms with E-state index < -0.39 is 0 Å². The van der Waals surface area contributed by atoms with Gasteiger partial charge in [0.1, 0.15) is 0 Å². The summed E-state index contributed by atoms with van der Waals surface area (Å²) in [5.41, 5.74) is 1.22. The number of methoxy groups -OCH3 is 1. The SMILES string of the molecule is COCC[C@@H](C)OCc1ccccc1. The largest absolute Gasteiger partial charge is 0.385 e. The summed E-state index contributed by atoms with van der Waals surface area (Å²) >= 11 is 0. The van der Waals surface area contributed by atoms with Crippen LogP contribution in [-0.4, -0.2) is 19.8 Å². The molecule has 1 aromatic carbocycles. The molecule has 1 atom stereocenters. The molecular formula is C12H18O2. The van der Waals surface area contributed by atoms with E-state index in [9.17, 15) is 0 Å². The minimum atomic E-state index is 0.259. The van der Waals surface area contributed by atoms with Gasteiger partial charge in [-0.05, 0) is 18.9 Å². The molecule has 0 aliphatic heterocycles. The predicted molar refractivity (Wildman–Crippen MR) is 57.2 cm³/mol. The highest BCUT2D eigenvalue weighted by atomic mass is 16.5. The van der Waals surface area contributed by atoms with Crippen molar-refractivity contribution in [3.8, 4) is 0 Å². The summed E-state index contributed by atoms with van der Waals surface area (Å²) in [6.07, 6.45) is 1.21. The van der Waals surface area contributed by atoms with Crippen molar-refractivity contribution in [2.75, 3.05) is 13.7 Å². The van der Waals surface area contributed by atoms with E-state index in [-0.39, 0.29) is 6.10 Å². The average Bonchev–Trinajstić information content (AvgIpc) is 2.25. The maximum absolute atomic E-state index is 5.65. The quantitative estimate of drug-likeness (QED) is 0.693. The first-order valence-corrected chi connectivity index (χ1v) is 4.97. The van der Waals surface area contributed by atoms with E-state index in [1.165, 1.54) is 5.56 Å². The summed E-state index contributed by atoms with van der Waals surface area (Å²) in [5.74, 6) is 0. The van der Waals surface area contributed by atoms with Gasteiger partial charge in [0.25, 0.3) is 0 Å². The van der Waals surface area contributed by atoms with Crippen LogP contribution in [-0.2, 0) is 16.1 Å². The molecule has 1 aromatic rings. The summed E-state index contributed by atoms with van der Waals surface area (Å²) in [7, 11) is 1.71. The van der Waals surface area contributed by atoms with Crippen LogP contribution in [0.2, 0.25) is 0 Å². The second-order valence-electron chi connectivity index (χ2n) is 3.39. The number of benzene rings is 1. The molecule has 0 spiro atoms. The molecule has 0 aromatic heterocycles. The van der Waals surface area contributed by atoms with E-state index in [2.05, 4.69) is 19.1 Å². The van der Waals surface area contributed by atoms with E-state index in [1.807, 2.05) is 18.2 Å². The fourth-order valence-corrected chi connectivity index (χ4v) is 1.18. The molecule has 14 heavy (non-hydrogen) atoms. The molecule has 0 heterocycles. The van der Waals surface area contributed by atoms with Gasteiger partial charge in [-0.1, -0.05) is 30.3 Å². The third kappa shape index (κ3) is 4.40. The summed E-state index contributed by atoms with van der Waals surface area (Å²) in [6.45, 7) is 3.52. The first kappa shape index (κ1) is 11.2. The molecule has 0 unspecified atom stereocenters. The average molecular weight is 194 g/mol. The summed E-state index contributed by atoms with van der Waals surface area (Å²) in [6, 6.07) is 10.2. The molecule has 2 nitrogen and oxygen atoms in total. The Bertz CT molecular complexity index is 233. The van der Waals surface area contributed by atoms with E-state index >= 15 is 0 Å². The van der Waals surface area contributed by atoms with Crippen LogP contribution in [0.5, 0.6) is 0 Å². The van der Waals surface area contributed by atoms with Gasteiger partial charge in [-0.25, -0.2) is 0 Å². The normalized spacial score (nSPS) is 12.7. The Morgan fingerprint density at radius 3 is 2.57 bits per heavy atom. The standard InChI is InChI=1S/C12H18O2/c1-11(8-9-13-2)14-10-12-6-4-3-5-7-12/h3-7,11H,8-10H2,1-2H3/t11-/m1/s1. The van der Waals surface area contributed by atoms with Crippen molar-refractivity contribution in [2.45, 2.75) is 26.1 Å². The Balaban J connectivity index is 2.20. The lowest BCUT2D eigenvalue weighted by Gasteiger charge is -2.12. The van der Waals surface area contributed by atoms with Crippen LogP contribution < -0.4 is 0 Å². The Kier molecular flexibility index (Phi) is 5.27. The maximum Gasteiger partial charge on any atom is 0.0720 e. The molecule has 0 amide bonds. The Hall–Kier alpha value is -0.860. The fourth-order valence-electron chi connectivity index (χ4n) is 1.18. The van der Waals surface area contributed by atoms with Crippen molar-refractivity contribution >= 4 is 0 Å². The molecule has 0 bridgehead atoms. The van der Waals surface area contributed by atoms with E-state index in [1.54, 1.807) is 7.11 Å². The van der Waals surface area contributed by atoms with Gasteiger partial charge in [-0.3, -0.25) is 0 Å². The van der Waals surface area contributed by atoms with Gasteiger partial charge in [-0.15, -0.1) is 0 Å². The molecule has 78 valence electrons. The molecule has 0 aliphatic rings. The molecule has 0 fully saturated rings. The van der Waals surface area contributed by atoms with Crippen LogP contribution in [0.25, 0.3) is 0 Å². The Morgan fingerprint density at radius 2 is 1.93 bits per heavy atom. The van der Waals surface area contributed by atoms with Crippen molar-refractivity contribution < 1.29 is 9.47 Å². The Morgan fingerprint density at radius 1 is 1.21 bits per heavy atom. The van der Waals surface area contributed by atoms with Crippen LogP contribution in [0.4, 0.5) is 0 Å². The fraction of sp³-hybridized carbons (Fsp3) is 0.500. The lowest BCUT2D eigenvalue weighted by Crippen LogP contribution is -2.10. The van der Waals surface area contributed by atoms with Gasteiger partial charge in [0.05, 0.1) is 12.7 Å². The number of hydrogen-bond donors (Lipinski definition) is 0. The third-order valence-electron chi connectivity index (χ3n) is 2.11. The van der Waals surface area contributed by atoms with E-state index in [0.29, 0.717) is 6.61 Å². The van der Waals surface area contributed by atoms with E-state index in [0.717, 1.165) is 13.0 Å². The van der Waals surface area contributed by atoms with Gasteiger partial charge in [-0.2, -0.15) is 0 Å². The van der Waals surface area contributed by atoms with Gasteiger partial charge in [0.2, 0.25) is 0 Å². The van der Waals surface area contributed by atoms with Gasteiger partial charge in [0, 0.05) is 13.7 Å². The predicted octanol–water partition coefficient (Wildman–Crippen LogP) is 2.63. The Labute approximate surface area is 85.8 Å². The summed E-state index contributed by atoms with van der Waals surface area (Å²) < 4.78 is 10.6. The van der Waals surface area contributed by atoms with Crippen molar-refractivity contribution in [1.29, 1.82) is 0 Å². The van der Waals surface area contributed by atoms with Crippen LogP contribution in [0.3, 0.4) is 0 Å². The molecule has 0 radical (unpaired) electrons. The monoisotopic (exact) mass is 194 g/mol. The lowest BCUT2D eigenvalue weighted by molar-refractivity contribution is 0.0301. The molecule has 1 rings (SSSR count). The van der Waals surface area contributed by atoms with Crippen molar-refractivity contribution in [3.05, 3.63) is 35.9 Å². The van der Waals surface area contributed by atoms with Crippen molar-refractivity contribution in [1.82, 2.24) is 0 Å². The highest BCUT2D eigenvalue weighted by Crippen LogP contribution is 2.05. The molecule has 2 heteroatoms. The summed E-state index contributed by atoms with van der Waals surface area (Å²) in [4.78, 5) is 0.